The van der Waals surface area contributed by atoms with Crippen molar-refractivity contribution in [3.8, 4) is 0 Å². The second kappa shape index (κ2) is 5.06. The van der Waals surface area contributed by atoms with Gasteiger partial charge in [-0.2, -0.15) is 12.6 Å². The van der Waals surface area contributed by atoms with Crippen LogP contribution in [-0.4, -0.2) is 29.8 Å². The topological polar surface area (TPSA) is 3.24 Å². The minimum atomic E-state index is 0.713. The van der Waals surface area contributed by atoms with E-state index in [1.807, 2.05) is 0 Å². The first-order chi connectivity index (χ1) is 6.15. The lowest BCUT2D eigenvalue weighted by Crippen LogP contribution is -2.43. The summed E-state index contributed by atoms with van der Waals surface area (Å²) in [7, 11) is 0. The SMILES string of the molecule is C=C(CS)CN1CCCC(C)C1C. The smallest absolute Gasteiger partial charge is 0.0201 e. The number of thiol groups is 1. The van der Waals surface area contributed by atoms with Crippen LogP contribution in [0.3, 0.4) is 0 Å². The minimum Gasteiger partial charge on any atom is -0.296 e. The van der Waals surface area contributed by atoms with Gasteiger partial charge in [-0.25, -0.2) is 0 Å². The van der Waals surface area contributed by atoms with E-state index in [1.165, 1.54) is 25.0 Å². The highest BCUT2D eigenvalue weighted by atomic mass is 32.1. The van der Waals surface area contributed by atoms with E-state index in [0.29, 0.717) is 6.04 Å². The first kappa shape index (κ1) is 11.1. The van der Waals surface area contributed by atoms with Crippen LogP contribution in [0.25, 0.3) is 0 Å². The number of rotatable bonds is 3. The van der Waals surface area contributed by atoms with Crippen LogP contribution in [0.4, 0.5) is 0 Å². The fourth-order valence-electron chi connectivity index (χ4n) is 1.98. The number of nitrogens with zero attached hydrogens (tertiary/aromatic N) is 1. The minimum absolute atomic E-state index is 0.713. The second-order valence-corrected chi connectivity index (χ2v) is 4.55. The standard InChI is InChI=1S/C11H21NS/c1-9(8-13)7-12-6-4-5-10(2)11(12)3/h10-11,13H,1,4-8H2,2-3H3. The fraction of sp³-hybridized carbons (Fsp3) is 0.818. The van der Waals surface area contributed by atoms with Crippen LogP contribution >= 0.6 is 12.6 Å². The summed E-state index contributed by atoms with van der Waals surface area (Å²) in [5, 5.41) is 0. The van der Waals surface area contributed by atoms with Crippen molar-refractivity contribution in [1.82, 2.24) is 4.90 Å². The maximum Gasteiger partial charge on any atom is 0.0201 e. The Hall–Kier alpha value is 0.0500. The summed E-state index contributed by atoms with van der Waals surface area (Å²) in [4.78, 5) is 2.53. The molecular formula is C11H21NS. The molecule has 0 amide bonds. The van der Waals surface area contributed by atoms with Gasteiger partial charge < -0.3 is 0 Å². The van der Waals surface area contributed by atoms with E-state index in [1.54, 1.807) is 0 Å². The van der Waals surface area contributed by atoms with Gasteiger partial charge in [-0.3, -0.25) is 4.90 Å². The van der Waals surface area contributed by atoms with Crippen LogP contribution in [0.15, 0.2) is 12.2 Å². The summed E-state index contributed by atoms with van der Waals surface area (Å²) in [6, 6.07) is 0.713. The molecule has 13 heavy (non-hydrogen) atoms. The highest BCUT2D eigenvalue weighted by molar-refractivity contribution is 7.80. The Kier molecular flexibility index (Phi) is 4.33. The van der Waals surface area contributed by atoms with Gasteiger partial charge in [0, 0.05) is 18.3 Å². The van der Waals surface area contributed by atoms with E-state index in [4.69, 9.17) is 0 Å². The average Bonchev–Trinajstić information content (AvgIpc) is 2.13. The van der Waals surface area contributed by atoms with E-state index < -0.39 is 0 Å². The molecule has 0 aromatic carbocycles. The summed E-state index contributed by atoms with van der Waals surface area (Å²) in [5.74, 6) is 1.65. The molecule has 1 nitrogen and oxygen atoms in total. The molecule has 2 atom stereocenters. The Morgan fingerprint density at radius 1 is 1.54 bits per heavy atom. The molecular weight excluding hydrogens is 178 g/mol. The fourth-order valence-corrected chi connectivity index (χ4v) is 2.08. The van der Waals surface area contributed by atoms with E-state index in [2.05, 4.69) is 38.0 Å². The van der Waals surface area contributed by atoms with Gasteiger partial charge in [0.25, 0.3) is 0 Å². The molecule has 0 aliphatic carbocycles. The normalized spacial score (nSPS) is 30.4. The molecule has 0 spiro atoms. The van der Waals surface area contributed by atoms with Crippen molar-refractivity contribution in [3.05, 3.63) is 12.2 Å². The molecule has 0 saturated carbocycles. The summed E-state index contributed by atoms with van der Waals surface area (Å²) in [6.45, 7) is 11.0. The maximum absolute atomic E-state index is 4.24. The van der Waals surface area contributed by atoms with Crippen LogP contribution in [0.1, 0.15) is 26.7 Å². The van der Waals surface area contributed by atoms with Crippen molar-refractivity contribution in [2.24, 2.45) is 5.92 Å². The van der Waals surface area contributed by atoms with Crippen molar-refractivity contribution in [1.29, 1.82) is 0 Å². The van der Waals surface area contributed by atoms with Crippen LogP contribution in [0, 0.1) is 5.92 Å². The zero-order valence-corrected chi connectivity index (χ0v) is 9.69. The van der Waals surface area contributed by atoms with E-state index in [9.17, 15) is 0 Å². The molecule has 1 rings (SSSR count). The molecule has 0 aromatic rings. The zero-order valence-electron chi connectivity index (χ0n) is 8.79. The quantitative estimate of drug-likeness (QED) is 0.540. The van der Waals surface area contributed by atoms with Crippen LogP contribution in [0.2, 0.25) is 0 Å². The number of likely N-dealkylation sites (tertiary alicyclic amines) is 1. The molecule has 0 bridgehead atoms. The van der Waals surface area contributed by atoms with Gasteiger partial charge >= 0.3 is 0 Å². The van der Waals surface area contributed by atoms with Crippen molar-refractivity contribution in [2.45, 2.75) is 32.7 Å². The van der Waals surface area contributed by atoms with Gasteiger partial charge in [-0.1, -0.05) is 19.1 Å². The zero-order chi connectivity index (χ0) is 9.84. The Bertz CT molecular complexity index is 179. The Balaban J connectivity index is 2.43. The van der Waals surface area contributed by atoms with E-state index >= 15 is 0 Å². The number of hydrogen-bond acceptors (Lipinski definition) is 2. The van der Waals surface area contributed by atoms with Crippen molar-refractivity contribution < 1.29 is 0 Å². The first-order valence-corrected chi connectivity index (χ1v) is 5.80. The predicted molar refractivity (Wildman–Crippen MR) is 62.4 cm³/mol. The second-order valence-electron chi connectivity index (χ2n) is 4.24. The first-order valence-electron chi connectivity index (χ1n) is 5.16. The molecule has 1 heterocycles. The van der Waals surface area contributed by atoms with Gasteiger partial charge in [0.15, 0.2) is 0 Å². The van der Waals surface area contributed by atoms with Gasteiger partial charge in [-0.05, 0) is 32.2 Å². The van der Waals surface area contributed by atoms with Crippen molar-refractivity contribution in [2.75, 3.05) is 18.8 Å². The average molecular weight is 199 g/mol. The molecule has 1 aliphatic rings. The van der Waals surface area contributed by atoms with Gasteiger partial charge in [0.1, 0.15) is 0 Å². The largest absolute Gasteiger partial charge is 0.296 e. The van der Waals surface area contributed by atoms with Gasteiger partial charge in [-0.15, -0.1) is 0 Å². The highest BCUT2D eigenvalue weighted by Gasteiger charge is 2.24. The summed E-state index contributed by atoms with van der Waals surface area (Å²) in [5.41, 5.74) is 1.24. The van der Waals surface area contributed by atoms with Crippen LogP contribution in [-0.2, 0) is 0 Å². The highest BCUT2D eigenvalue weighted by Crippen LogP contribution is 2.23. The maximum atomic E-state index is 4.24. The third-order valence-corrected chi connectivity index (χ3v) is 3.60. The summed E-state index contributed by atoms with van der Waals surface area (Å²) in [6.07, 6.45) is 2.72. The number of piperidine rings is 1. The third kappa shape index (κ3) is 3.03. The Labute approximate surface area is 87.6 Å². The van der Waals surface area contributed by atoms with E-state index in [0.717, 1.165) is 18.2 Å². The van der Waals surface area contributed by atoms with Crippen LogP contribution < -0.4 is 0 Å². The molecule has 0 aromatic heterocycles. The van der Waals surface area contributed by atoms with Gasteiger partial charge in [0.2, 0.25) is 0 Å². The molecule has 76 valence electrons. The lowest BCUT2D eigenvalue weighted by Gasteiger charge is -2.38. The number of hydrogen-bond donors (Lipinski definition) is 1. The molecule has 2 heteroatoms. The molecule has 1 saturated heterocycles. The predicted octanol–water partition coefficient (Wildman–Crippen LogP) is 2.59. The molecule has 0 N–H and O–H groups in total. The Morgan fingerprint density at radius 3 is 2.85 bits per heavy atom. The Morgan fingerprint density at radius 2 is 2.23 bits per heavy atom. The third-order valence-electron chi connectivity index (χ3n) is 3.15. The molecule has 2 unspecified atom stereocenters. The van der Waals surface area contributed by atoms with Crippen molar-refractivity contribution >= 4 is 12.6 Å². The van der Waals surface area contributed by atoms with Gasteiger partial charge in [0.05, 0.1) is 0 Å². The summed E-state index contributed by atoms with van der Waals surface area (Å²) >= 11 is 4.24. The lowest BCUT2D eigenvalue weighted by atomic mass is 9.92. The monoisotopic (exact) mass is 199 g/mol. The molecule has 0 radical (unpaired) electrons. The molecule has 1 aliphatic heterocycles. The van der Waals surface area contributed by atoms with E-state index in [-0.39, 0.29) is 0 Å². The summed E-state index contributed by atoms with van der Waals surface area (Å²) < 4.78 is 0. The molecule has 1 fully saturated rings. The van der Waals surface area contributed by atoms with Crippen molar-refractivity contribution in [3.63, 3.8) is 0 Å². The van der Waals surface area contributed by atoms with Crippen LogP contribution in [0.5, 0.6) is 0 Å². The lowest BCUT2D eigenvalue weighted by molar-refractivity contribution is 0.125.